The van der Waals surface area contributed by atoms with Crippen LogP contribution in [0.2, 0.25) is 0 Å². The molecule has 0 bridgehead atoms. The number of nitrogens with one attached hydrogen (secondary N) is 1. The number of rotatable bonds is 4. The lowest BCUT2D eigenvalue weighted by Gasteiger charge is -2.33. The van der Waals surface area contributed by atoms with Gasteiger partial charge in [-0.05, 0) is 38.9 Å². The topological polar surface area (TPSA) is 43.4 Å². The van der Waals surface area contributed by atoms with Crippen molar-refractivity contribution in [1.82, 2.24) is 10.3 Å². The number of hydrogen-bond donors (Lipinski definition) is 1. The highest BCUT2D eigenvalue weighted by atomic mass is 16.5. The summed E-state index contributed by atoms with van der Waals surface area (Å²) >= 11 is 0. The van der Waals surface area contributed by atoms with Gasteiger partial charge in [-0.15, -0.1) is 0 Å². The molecule has 4 heteroatoms. The molecule has 0 spiro atoms. The number of methoxy groups -OCH3 is 1. The van der Waals surface area contributed by atoms with E-state index < -0.39 is 0 Å². The normalized spacial score (nSPS) is 25.8. The second-order valence-corrected chi connectivity index (χ2v) is 4.58. The second-order valence-electron chi connectivity index (χ2n) is 4.58. The number of aromatic nitrogens is 1. The smallest absolute Gasteiger partial charge is 0.142 e. The zero-order valence-corrected chi connectivity index (χ0v) is 10.7. The van der Waals surface area contributed by atoms with Crippen LogP contribution in [-0.4, -0.2) is 31.3 Å². The summed E-state index contributed by atoms with van der Waals surface area (Å²) in [5.74, 6) is 0.809. The highest BCUT2D eigenvalue weighted by Crippen LogP contribution is 2.39. The van der Waals surface area contributed by atoms with Crippen LogP contribution in [0.25, 0.3) is 0 Å². The molecular weight excluding hydrogens is 216 g/mol. The van der Waals surface area contributed by atoms with Crippen LogP contribution in [0.1, 0.15) is 31.5 Å². The predicted octanol–water partition coefficient (Wildman–Crippen LogP) is 1.92. The molecule has 1 aromatic heterocycles. The van der Waals surface area contributed by atoms with Gasteiger partial charge in [0.05, 0.1) is 18.8 Å². The van der Waals surface area contributed by atoms with Gasteiger partial charge in [0, 0.05) is 12.8 Å². The Labute approximate surface area is 102 Å². The van der Waals surface area contributed by atoms with E-state index in [0.29, 0.717) is 0 Å². The minimum absolute atomic E-state index is 0.0566. The maximum absolute atomic E-state index is 5.89. The van der Waals surface area contributed by atoms with Crippen molar-refractivity contribution < 1.29 is 9.47 Å². The van der Waals surface area contributed by atoms with Crippen LogP contribution in [0.4, 0.5) is 0 Å². The number of ether oxygens (including phenoxy) is 2. The Hall–Kier alpha value is -1.13. The van der Waals surface area contributed by atoms with Crippen LogP contribution in [0.3, 0.4) is 0 Å². The average Bonchev–Trinajstić information content (AvgIpc) is 2.78. The van der Waals surface area contributed by atoms with Gasteiger partial charge in [-0.2, -0.15) is 0 Å². The first-order chi connectivity index (χ1) is 8.21. The van der Waals surface area contributed by atoms with Gasteiger partial charge in [-0.1, -0.05) is 0 Å². The summed E-state index contributed by atoms with van der Waals surface area (Å²) in [6.07, 6.45) is 3.93. The Balaban J connectivity index is 2.34. The molecule has 1 aliphatic rings. The van der Waals surface area contributed by atoms with Crippen LogP contribution < -0.4 is 10.1 Å². The zero-order chi connectivity index (χ0) is 12.3. The van der Waals surface area contributed by atoms with Gasteiger partial charge in [-0.25, -0.2) is 0 Å². The summed E-state index contributed by atoms with van der Waals surface area (Å²) < 4.78 is 11.3. The van der Waals surface area contributed by atoms with Gasteiger partial charge in [0.2, 0.25) is 0 Å². The monoisotopic (exact) mass is 236 g/mol. The van der Waals surface area contributed by atoms with Gasteiger partial charge in [-0.3, -0.25) is 4.98 Å². The molecule has 0 radical (unpaired) electrons. The fourth-order valence-electron chi connectivity index (χ4n) is 2.55. The van der Waals surface area contributed by atoms with Crippen LogP contribution in [0.5, 0.6) is 5.75 Å². The van der Waals surface area contributed by atoms with E-state index in [4.69, 9.17) is 9.47 Å². The molecule has 2 unspecified atom stereocenters. The molecule has 94 valence electrons. The fourth-order valence-corrected chi connectivity index (χ4v) is 2.55. The van der Waals surface area contributed by atoms with E-state index in [2.05, 4.69) is 17.2 Å². The molecule has 0 saturated carbocycles. The highest BCUT2D eigenvalue weighted by molar-refractivity contribution is 5.31. The summed E-state index contributed by atoms with van der Waals surface area (Å²) in [5.41, 5.74) is 0.720. The molecule has 17 heavy (non-hydrogen) atoms. The Bertz CT molecular complexity index is 375. The van der Waals surface area contributed by atoms with Crippen LogP contribution in [-0.2, 0) is 4.74 Å². The Morgan fingerprint density at radius 1 is 1.59 bits per heavy atom. The quantitative estimate of drug-likeness (QED) is 0.867. The van der Waals surface area contributed by atoms with E-state index in [0.717, 1.165) is 30.9 Å². The largest absolute Gasteiger partial charge is 0.495 e. The van der Waals surface area contributed by atoms with Crippen molar-refractivity contribution in [3.05, 3.63) is 24.0 Å². The van der Waals surface area contributed by atoms with E-state index in [1.807, 2.05) is 19.2 Å². The molecule has 1 aliphatic heterocycles. The van der Waals surface area contributed by atoms with E-state index in [9.17, 15) is 0 Å². The standard InChI is InChI=1S/C13H20N2O2/c1-13(7-5-9-17-13)12(14-2)11-10(16-3)6-4-8-15-11/h4,6,8,12,14H,5,7,9H2,1-3H3. The molecular formula is C13H20N2O2. The van der Waals surface area contributed by atoms with Gasteiger partial charge < -0.3 is 14.8 Å². The third kappa shape index (κ3) is 2.28. The van der Waals surface area contributed by atoms with Gasteiger partial charge >= 0.3 is 0 Å². The summed E-state index contributed by atoms with van der Waals surface area (Å²) in [5, 5.41) is 3.31. The van der Waals surface area contributed by atoms with Crippen LogP contribution in [0.15, 0.2) is 18.3 Å². The summed E-state index contributed by atoms with van der Waals surface area (Å²) in [6, 6.07) is 3.87. The molecule has 0 aliphatic carbocycles. The first-order valence-electron chi connectivity index (χ1n) is 6.01. The minimum Gasteiger partial charge on any atom is -0.495 e. The second kappa shape index (κ2) is 5.02. The van der Waals surface area contributed by atoms with Crippen molar-refractivity contribution in [2.45, 2.75) is 31.4 Å². The van der Waals surface area contributed by atoms with Crippen LogP contribution >= 0.6 is 0 Å². The van der Waals surface area contributed by atoms with Crippen molar-refractivity contribution >= 4 is 0 Å². The molecule has 1 aromatic rings. The van der Waals surface area contributed by atoms with Crippen LogP contribution in [0, 0.1) is 0 Å². The van der Waals surface area contributed by atoms with E-state index >= 15 is 0 Å². The lowest BCUT2D eigenvalue weighted by atomic mass is 9.90. The number of hydrogen-bond acceptors (Lipinski definition) is 4. The average molecular weight is 236 g/mol. The SMILES string of the molecule is CNC(c1ncccc1OC)C1(C)CCCO1. The molecule has 2 heterocycles. The molecule has 0 amide bonds. The Kier molecular flexibility index (Phi) is 3.64. The lowest BCUT2D eigenvalue weighted by Crippen LogP contribution is -2.40. The Morgan fingerprint density at radius 3 is 3.00 bits per heavy atom. The summed E-state index contributed by atoms with van der Waals surface area (Å²) in [4.78, 5) is 4.44. The number of likely N-dealkylation sites (N-methyl/N-ethyl adjacent to an activating group) is 1. The van der Waals surface area contributed by atoms with Gasteiger partial charge in [0.1, 0.15) is 11.4 Å². The molecule has 2 atom stereocenters. The van der Waals surface area contributed by atoms with Crippen molar-refractivity contribution in [3.63, 3.8) is 0 Å². The highest BCUT2D eigenvalue weighted by Gasteiger charge is 2.40. The molecule has 4 nitrogen and oxygen atoms in total. The predicted molar refractivity (Wildman–Crippen MR) is 66.2 cm³/mol. The lowest BCUT2D eigenvalue weighted by molar-refractivity contribution is -0.0122. The number of pyridine rings is 1. The number of nitrogens with zero attached hydrogens (tertiary/aromatic N) is 1. The summed E-state index contributed by atoms with van der Waals surface area (Å²) in [7, 11) is 3.61. The fraction of sp³-hybridized carbons (Fsp3) is 0.615. The van der Waals surface area contributed by atoms with Crippen molar-refractivity contribution in [2.24, 2.45) is 0 Å². The molecule has 1 fully saturated rings. The van der Waals surface area contributed by atoms with E-state index in [1.165, 1.54) is 0 Å². The van der Waals surface area contributed by atoms with E-state index in [-0.39, 0.29) is 11.6 Å². The zero-order valence-electron chi connectivity index (χ0n) is 10.7. The maximum Gasteiger partial charge on any atom is 0.142 e. The Morgan fingerprint density at radius 2 is 2.41 bits per heavy atom. The third-order valence-electron chi connectivity index (χ3n) is 3.44. The van der Waals surface area contributed by atoms with Gasteiger partial charge in [0.15, 0.2) is 0 Å². The first-order valence-corrected chi connectivity index (χ1v) is 6.01. The van der Waals surface area contributed by atoms with Crippen molar-refractivity contribution in [2.75, 3.05) is 20.8 Å². The first kappa shape index (κ1) is 12.3. The van der Waals surface area contributed by atoms with Crippen molar-refractivity contribution in [3.8, 4) is 5.75 Å². The molecule has 2 rings (SSSR count). The van der Waals surface area contributed by atoms with Gasteiger partial charge in [0.25, 0.3) is 0 Å². The van der Waals surface area contributed by atoms with E-state index in [1.54, 1.807) is 13.3 Å². The molecule has 1 N–H and O–H groups in total. The molecule has 0 aromatic carbocycles. The minimum atomic E-state index is -0.198. The molecule has 1 saturated heterocycles. The van der Waals surface area contributed by atoms with Crippen molar-refractivity contribution in [1.29, 1.82) is 0 Å². The summed E-state index contributed by atoms with van der Waals surface area (Å²) in [6.45, 7) is 2.96. The maximum atomic E-state index is 5.89. The third-order valence-corrected chi connectivity index (χ3v) is 3.44.